The van der Waals surface area contributed by atoms with Crippen LogP contribution in [0.15, 0.2) is 42.5 Å². The second-order valence-corrected chi connectivity index (χ2v) is 9.61. The van der Waals surface area contributed by atoms with E-state index in [2.05, 4.69) is 5.32 Å². The van der Waals surface area contributed by atoms with E-state index in [-0.39, 0.29) is 18.3 Å². The molecule has 2 amide bonds. The first-order valence-corrected chi connectivity index (χ1v) is 12.2. The number of imidazole rings is 1. The zero-order valence-electron chi connectivity index (χ0n) is 22.4. The number of nitrogens with two attached hydrogens (primary N) is 1. The first-order chi connectivity index (χ1) is 17.9. The van der Waals surface area contributed by atoms with E-state index >= 15 is 0 Å². The summed E-state index contributed by atoms with van der Waals surface area (Å²) in [7, 11) is 5.12. The summed E-state index contributed by atoms with van der Waals surface area (Å²) in [5.74, 6) is -1.18. The zero-order valence-corrected chi connectivity index (χ0v) is 22.4. The lowest BCUT2D eigenvalue weighted by Crippen LogP contribution is -2.50. The molecule has 3 aromatic rings. The summed E-state index contributed by atoms with van der Waals surface area (Å²) in [5, 5.41) is 19.9. The quantitative estimate of drug-likeness (QED) is 0.171. The largest absolute Gasteiger partial charge is 0.481 e. The van der Waals surface area contributed by atoms with Crippen molar-refractivity contribution in [1.82, 2.24) is 19.4 Å². The lowest BCUT2D eigenvalue weighted by molar-refractivity contribution is -0.144. The number of amides is 2. The van der Waals surface area contributed by atoms with E-state index in [0.717, 1.165) is 17.0 Å². The molecule has 2 aromatic carbocycles. The number of aryl methyl sites for hydroxylation is 1. The first kappa shape index (κ1) is 28.2. The molecule has 0 aliphatic heterocycles. The van der Waals surface area contributed by atoms with Gasteiger partial charge in [0.15, 0.2) is 0 Å². The van der Waals surface area contributed by atoms with Crippen LogP contribution in [0.1, 0.15) is 37.2 Å². The molecule has 11 heteroatoms. The van der Waals surface area contributed by atoms with Gasteiger partial charge in [-0.3, -0.25) is 19.8 Å². The van der Waals surface area contributed by atoms with Gasteiger partial charge in [-0.25, -0.2) is 4.98 Å². The summed E-state index contributed by atoms with van der Waals surface area (Å²) in [4.78, 5) is 44.7. The molecular formula is C27H35N7O4. The molecule has 0 saturated carbocycles. The number of benzene rings is 2. The molecule has 1 heterocycles. The van der Waals surface area contributed by atoms with Crippen LogP contribution in [-0.2, 0) is 33.4 Å². The van der Waals surface area contributed by atoms with Gasteiger partial charge in [0.25, 0.3) is 0 Å². The van der Waals surface area contributed by atoms with Crippen LogP contribution >= 0.6 is 0 Å². The molecule has 0 radical (unpaired) electrons. The van der Waals surface area contributed by atoms with Gasteiger partial charge in [-0.15, -0.1) is 0 Å². The van der Waals surface area contributed by atoms with Crippen molar-refractivity contribution in [3.8, 4) is 0 Å². The van der Waals surface area contributed by atoms with Crippen molar-refractivity contribution in [3.05, 3.63) is 59.4 Å². The molecule has 38 heavy (non-hydrogen) atoms. The van der Waals surface area contributed by atoms with Gasteiger partial charge in [-0.05, 0) is 55.8 Å². The lowest BCUT2D eigenvalue weighted by Gasteiger charge is -2.36. The molecule has 3 rings (SSSR count). The Hall–Kier alpha value is -4.41. The van der Waals surface area contributed by atoms with Gasteiger partial charge in [-0.2, -0.15) is 0 Å². The smallest absolute Gasteiger partial charge is 0.312 e. The predicted molar refractivity (Wildman–Crippen MR) is 146 cm³/mol. The van der Waals surface area contributed by atoms with Crippen molar-refractivity contribution in [1.29, 1.82) is 5.41 Å². The van der Waals surface area contributed by atoms with Gasteiger partial charge in [0.05, 0.1) is 23.0 Å². The first-order valence-electron chi connectivity index (χ1n) is 12.2. The van der Waals surface area contributed by atoms with Crippen molar-refractivity contribution in [2.45, 2.75) is 32.2 Å². The fourth-order valence-corrected chi connectivity index (χ4v) is 4.37. The van der Waals surface area contributed by atoms with Gasteiger partial charge in [-0.1, -0.05) is 6.07 Å². The third kappa shape index (κ3) is 5.93. The number of hydrogen-bond acceptors (Lipinski definition) is 6. The SMILES string of the molecule is CCN(C)C(=O)C(C)(CN(C)C(=O)CC(=O)O)c1ccc2c(c1)nc(CNc1ccc(C(=N)N)cc1)n2C. The number of hydrogen-bond donors (Lipinski definition) is 4. The number of carboxylic acid groups (broad SMARTS) is 1. The Morgan fingerprint density at radius 3 is 2.37 bits per heavy atom. The molecule has 5 N–H and O–H groups in total. The van der Waals surface area contributed by atoms with Gasteiger partial charge in [0, 0.05) is 45.5 Å². The van der Waals surface area contributed by atoms with E-state index in [1.54, 1.807) is 31.0 Å². The Labute approximate surface area is 221 Å². The molecule has 1 atom stereocenters. The fourth-order valence-electron chi connectivity index (χ4n) is 4.37. The molecule has 0 bridgehead atoms. The number of carbonyl (C=O) groups is 3. The Bertz CT molecular complexity index is 1370. The van der Waals surface area contributed by atoms with E-state index in [0.29, 0.717) is 29.7 Å². The number of amidine groups is 1. The van der Waals surface area contributed by atoms with Crippen LogP contribution in [0.4, 0.5) is 5.69 Å². The van der Waals surface area contributed by atoms with Gasteiger partial charge >= 0.3 is 5.97 Å². The summed E-state index contributed by atoms with van der Waals surface area (Å²) in [6.07, 6.45) is -0.641. The Balaban J connectivity index is 1.92. The predicted octanol–water partition coefficient (Wildman–Crippen LogP) is 2.14. The minimum atomic E-state index is -1.22. The highest BCUT2D eigenvalue weighted by Crippen LogP contribution is 2.30. The normalized spacial score (nSPS) is 12.6. The van der Waals surface area contributed by atoms with E-state index in [1.807, 2.05) is 48.9 Å². The molecule has 1 unspecified atom stereocenters. The molecule has 202 valence electrons. The molecule has 0 aliphatic carbocycles. The van der Waals surface area contributed by atoms with Gasteiger partial charge in [0.2, 0.25) is 11.8 Å². The molecular weight excluding hydrogens is 486 g/mol. The number of nitrogens with zero attached hydrogens (tertiary/aromatic N) is 4. The third-order valence-corrected chi connectivity index (χ3v) is 6.83. The second kappa shape index (κ2) is 11.3. The number of aromatic nitrogens is 2. The van der Waals surface area contributed by atoms with Crippen molar-refractivity contribution in [2.75, 3.05) is 32.5 Å². The van der Waals surface area contributed by atoms with Crippen molar-refractivity contribution in [3.63, 3.8) is 0 Å². The zero-order chi connectivity index (χ0) is 28.2. The summed E-state index contributed by atoms with van der Waals surface area (Å²) in [6, 6.07) is 12.9. The van der Waals surface area contributed by atoms with E-state index in [1.165, 1.54) is 11.9 Å². The highest BCUT2D eigenvalue weighted by Gasteiger charge is 2.39. The van der Waals surface area contributed by atoms with Crippen LogP contribution in [0.2, 0.25) is 0 Å². The fraction of sp³-hybridized carbons (Fsp3) is 0.370. The maximum Gasteiger partial charge on any atom is 0.312 e. The highest BCUT2D eigenvalue weighted by atomic mass is 16.4. The Morgan fingerprint density at radius 2 is 1.79 bits per heavy atom. The molecule has 0 fully saturated rings. The topological polar surface area (TPSA) is 158 Å². The third-order valence-electron chi connectivity index (χ3n) is 6.83. The number of carboxylic acids is 1. The van der Waals surface area contributed by atoms with Gasteiger partial charge < -0.3 is 30.5 Å². The monoisotopic (exact) mass is 521 g/mol. The maximum atomic E-state index is 13.5. The van der Waals surface area contributed by atoms with Gasteiger partial charge in [0.1, 0.15) is 18.1 Å². The molecule has 11 nitrogen and oxygen atoms in total. The highest BCUT2D eigenvalue weighted by molar-refractivity contribution is 5.95. The number of anilines is 1. The minimum absolute atomic E-state index is 0.00997. The summed E-state index contributed by atoms with van der Waals surface area (Å²) in [5.41, 5.74) is 8.17. The molecule has 0 spiro atoms. The number of nitrogen functional groups attached to an aromatic ring is 1. The lowest BCUT2D eigenvalue weighted by atomic mass is 9.80. The average molecular weight is 522 g/mol. The van der Waals surface area contributed by atoms with Crippen LogP contribution < -0.4 is 11.1 Å². The number of aliphatic carboxylic acids is 1. The van der Waals surface area contributed by atoms with Crippen molar-refractivity contribution >= 4 is 40.3 Å². The molecule has 0 saturated heterocycles. The maximum absolute atomic E-state index is 13.5. The standard InChI is InChI=1S/C27H35N7O4/c1-6-32(3)26(38)27(2,16-33(4)23(35)14-24(36)37)18-9-12-21-20(13-18)31-22(34(21)5)15-30-19-10-7-17(8-11-19)25(28)29/h7-13,30H,6,14-16H2,1-5H3,(H3,28,29)(H,36,37). The number of fused-ring (bicyclic) bond motifs is 1. The van der Waals surface area contributed by atoms with Crippen LogP contribution in [0, 0.1) is 5.41 Å². The Morgan fingerprint density at radius 1 is 1.13 bits per heavy atom. The van der Waals surface area contributed by atoms with E-state index in [4.69, 9.17) is 21.2 Å². The number of likely N-dealkylation sites (N-methyl/N-ethyl adjacent to an activating group) is 2. The second-order valence-electron chi connectivity index (χ2n) is 9.61. The van der Waals surface area contributed by atoms with Crippen molar-refractivity contribution in [2.24, 2.45) is 12.8 Å². The molecule has 0 aliphatic rings. The van der Waals surface area contributed by atoms with Crippen LogP contribution in [0.25, 0.3) is 11.0 Å². The van der Waals surface area contributed by atoms with E-state index in [9.17, 15) is 14.4 Å². The van der Waals surface area contributed by atoms with Crippen LogP contribution in [0.3, 0.4) is 0 Å². The summed E-state index contributed by atoms with van der Waals surface area (Å²) >= 11 is 0. The van der Waals surface area contributed by atoms with Crippen molar-refractivity contribution < 1.29 is 19.5 Å². The van der Waals surface area contributed by atoms with E-state index < -0.39 is 23.7 Å². The number of rotatable bonds is 11. The Kier molecular flexibility index (Phi) is 8.39. The summed E-state index contributed by atoms with van der Waals surface area (Å²) < 4.78 is 1.97. The minimum Gasteiger partial charge on any atom is -0.481 e. The summed E-state index contributed by atoms with van der Waals surface area (Å²) in [6.45, 7) is 4.58. The number of carbonyl (C=O) groups excluding carboxylic acids is 2. The number of nitrogens with one attached hydrogen (secondary N) is 2. The molecule has 1 aromatic heterocycles. The average Bonchev–Trinajstić information content (AvgIpc) is 3.20. The van der Waals surface area contributed by atoms with Crippen LogP contribution in [-0.4, -0.2) is 75.3 Å². The van der Waals surface area contributed by atoms with Crippen LogP contribution in [0.5, 0.6) is 0 Å².